The molecule has 0 aliphatic carbocycles. The lowest BCUT2D eigenvalue weighted by atomic mass is 10.0. The highest BCUT2D eigenvalue weighted by Gasteiger charge is 2.13. The van der Waals surface area contributed by atoms with Crippen LogP contribution in [0.3, 0.4) is 0 Å². The molecule has 0 radical (unpaired) electrons. The fourth-order valence-electron chi connectivity index (χ4n) is 3.10. The van der Waals surface area contributed by atoms with Crippen molar-refractivity contribution in [2.45, 2.75) is 33.2 Å². The fourth-order valence-corrected chi connectivity index (χ4v) is 3.10. The third-order valence-corrected chi connectivity index (χ3v) is 4.42. The summed E-state index contributed by atoms with van der Waals surface area (Å²) in [5.41, 5.74) is 5.36. The van der Waals surface area contributed by atoms with E-state index in [4.69, 9.17) is 0 Å². The first-order chi connectivity index (χ1) is 11.7. The number of pyridine rings is 1. The molecule has 24 heavy (non-hydrogen) atoms. The largest absolute Gasteiger partial charge is 0.304 e. The molecule has 3 aromatic rings. The van der Waals surface area contributed by atoms with Gasteiger partial charge in [-0.2, -0.15) is 0 Å². The third kappa shape index (κ3) is 3.33. The van der Waals surface area contributed by atoms with E-state index in [1.165, 1.54) is 0 Å². The summed E-state index contributed by atoms with van der Waals surface area (Å²) in [6.07, 6.45) is 1.98. The van der Waals surface area contributed by atoms with Crippen LogP contribution in [0.25, 0.3) is 11.3 Å². The van der Waals surface area contributed by atoms with Crippen LogP contribution in [-0.4, -0.2) is 4.57 Å². The molecular weight excluding hydrogens is 294 g/mol. The van der Waals surface area contributed by atoms with Gasteiger partial charge in [-0.25, -0.2) is 0 Å². The van der Waals surface area contributed by atoms with E-state index in [-0.39, 0.29) is 5.56 Å². The molecular formula is C22H23NO. The molecule has 0 bridgehead atoms. The summed E-state index contributed by atoms with van der Waals surface area (Å²) in [4.78, 5) is 13.0. The molecule has 1 heterocycles. The zero-order chi connectivity index (χ0) is 16.9. The van der Waals surface area contributed by atoms with Gasteiger partial charge in [-0.05, 0) is 36.1 Å². The Morgan fingerprint density at radius 2 is 1.54 bits per heavy atom. The standard InChI is InChI=1S/C22H23NO/c1-3-10-20-15-21(19-13-8-5-9-14-19)23(22(24)17(20)2)16-18-11-6-4-7-12-18/h4-9,11-15H,3,10,16H2,1-2H3. The first-order valence-electron chi connectivity index (χ1n) is 8.53. The minimum Gasteiger partial charge on any atom is -0.304 e. The quantitative estimate of drug-likeness (QED) is 0.661. The van der Waals surface area contributed by atoms with Crippen LogP contribution in [-0.2, 0) is 13.0 Å². The topological polar surface area (TPSA) is 22.0 Å². The number of hydrogen-bond donors (Lipinski definition) is 0. The van der Waals surface area contributed by atoms with Crippen molar-refractivity contribution in [1.29, 1.82) is 0 Å². The Balaban J connectivity index is 2.18. The number of nitrogens with zero attached hydrogens (tertiary/aromatic N) is 1. The van der Waals surface area contributed by atoms with Crippen molar-refractivity contribution in [3.8, 4) is 11.3 Å². The number of rotatable bonds is 5. The Labute approximate surface area is 143 Å². The van der Waals surface area contributed by atoms with Crippen molar-refractivity contribution in [2.75, 3.05) is 0 Å². The van der Waals surface area contributed by atoms with E-state index in [2.05, 4.69) is 37.3 Å². The molecule has 0 spiro atoms. The van der Waals surface area contributed by atoms with Gasteiger partial charge >= 0.3 is 0 Å². The minimum atomic E-state index is 0.114. The van der Waals surface area contributed by atoms with Gasteiger partial charge in [-0.3, -0.25) is 4.79 Å². The number of aromatic nitrogens is 1. The molecule has 0 fully saturated rings. The number of hydrogen-bond acceptors (Lipinski definition) is 1. The summed E-state index contributed by atoms with van der Waals surface area (Å²) < 4.78 is 1.90. The van der Waals surface area contributed by atoms with Gasteiger partial charge in [0.1, 0.15) is 0 Å². The summed E-state index contributed by atoms with van der Waals surface area (Å²) in [5, 5.41) is 0. The Kier molecular flexibility index (Phi) is 4.95. The van der Waals surface area contributed by atoms with E-state index in [1.807, 2.05) is 47.9 Å². The lowest BCUT2D eigenvalue weighted by Crippen LogP contribution is -2.26. The molecule has 0 amide bonds. The van der Waals surface area contributed by atoms with E-state index in [0.29, 0.717) is 6.54 Å². The maximum absolute atomic E-state index is 13.0. The van der Waals surface area contributed by atoms with Crippen LogP contribution in [0.15, 0.2) is 71.5 Å². The van der Waals surface area contributed by atoms with E-state index in [9.17, 15) is 4.79 Å². The predicted octanol–water partition coefficient (Wildman–Crippen LogP) is 4.82. The van der Waals surface area contributed by atoms with Crippen molar-refractivity contribution in [3.63, 3.8) is 0 Å². The lowest BCUT2D eigenvalue weighted by molar-refractivity contribution is 0.751. The highest BCUT2D eigenvalue weighted by Crippen LogP contribution is 2.22. The molecule has 0 saturated carbocycles. The number of aryl methyl sites for hydroxylation is 1. The van der Waals surface area contributed by atoms with Crippen molar-refractivity contribution < 1.29 is 0 Å². The van der Waals surface area contributed by atoms with Crippen LogP contribution in [0.2, 0.25) is 0 Å². The maximum Gasteiger partial charge on any atom is 0.254 e. The van der Waals surface area contributed by atoms with Crippen LogP contribution in [0.1, 0.15) is 30.0 Å². The second-order valence-electron chi connectivity index (χ2n) is 6.17. The Bertz CT molecular complexity index is 864. The summed E-state index contributed by atoms with van der Waals surface area (Å²) in [6.45, 7) is 4.69. The van der Waals surface area contributed by atoms with Crippen LogP contribution in [0.5, 0.6) is 0 Å². The molecule has 2 aromatic carbocycles. The second-order valence-corrected chi connectivity index (χ2v) is 6.17. The Hall–Kier alpha value is -2.61. The molecule has 0 unspecified atom stereocenters. The van der Waals surface area contributed by atoms with Crippen LogP contribution >= 0.6 is 0 Å². The van der Waals surface area contributed by atoms with Crippen molar-refractivity contribution in [3.05, 3.63) is 93.8 Å². The Morgan fingerprint density at radius 3 is 2.17 bits per heavy atom. The fraction of sp³-hybridized carbons (Fsp3) is 0.227. The van der Waals surface area contributed by atoms with E-state index < -0.39 is 0 Å². The van der Waals surface area contributed by atoms with Gasteiger partial charge in [0.2, 0.25) is 0 Å². The number of benzene rings is 2. The summed E-state index contributed by atoms with van der Waals surface area (Å²) in [7, 11) is 0. The average molecular weight is 317 g/mol. The molecule has 0 aliphatic heterocycles. The first kappa shape index (κ1) is 16.3. The van der Waals surface area contributed by atoms with Crippen molar-refractivity contribution in [1.82, 2.24) is 4.57 Å². The highest BCUT2D eigenvalue weighted by molar-refractivity contribution is 5.61. The van der Waals surface area contributed by atoms with Gasteiger partial charge < -0.3 is 4.57 Å². The monoisotopic (exact) mass is 317 g/mol. The van der Waals surface area contributed by atoms with Gasteiger partial charge in [0, 0.05) is 5.56 Å². The zero-order valence-corrected chi connectivity index (χ0v) is 14.3. The second kappa shape index (κ2) is 7.31. The maximum atomic E-state index is 13.0. The van der Waals surface area contributed by atoms with Crippen molar-refractivity contribution in [2.24, 2.45) is 0 Å². The molecule has 0 saturated heterocycles. The molecule has 0 aliphatic rings. The normalized spacial score (nSPS) is 10.8. The molecule has 1 aromatic heterocycles. The van der Waals surface area contributed by atoms with E-state index in [1.54, 1.807) is 0 Å². The molecule has 2 heteroatoms. The first-order valence-corrected chi connectivity index (χ1v) is 8.53. The highest BCUT2D eigenvalue weighted by atomic mass is 16.1. The third-order valence-electron chi connectivity index (χ3n) is 4.42. The molecule has 0 atom stereocenters. The van der Waals surface area contributed by atoms with Crippen LogP contribution in [0, 0.1) is 6.92 Å². The summed E-state index contributed by atoms with van der Waals surface area (Å²) in [5.74, 6) is 0. The summed E-state index contributed by atoms with van der Waals surface area (Å²) >= 11 is 0. The summed E-state index contributed by atoms with van der Waals surface area (Å²) in [6, 6.07) is 22.5. The van der Waals surface area contributed by atoms with Crippen LogP contribution < -0.4 is 5.56 Å². The SMILES string of the molecule is CCCc1cc(-c2ccccc2)n(Cc2ccccc2)c(=O)c1C. The predicted molar refractivity (Wildman–Crippen MR) is 100 cm³/mol. The smallest absolute Gasteiger partial charge is 0.254 e. The lowest BCUT2D eigenvalue weighted by Gasteiger charge is -2.17. The molecule has 3 rings (SSSR count). The van der Waals surface area contributed by atoms with Crippen LogP contribution in [0.4, 0.5) is 0 Å². The van der Waals surface area contributed by atoms with Gasteiger partial charge in [-0.1, -0.05) is 74.0 Å². The van der Waals surface area contributed by atoms with E-state index in [0.717, 1.165) is 40.8 Å². The van der Waals surface area contributed by atoms with Crippen molar-refractivity contribution >= 4 is 0 Å². The average Bonchev–Trinajstić information content (AvgIpc) is 2.63. The van der Waals surface area contributed by atoms with Gasteiger partial charge in [0.25, 0.3) is 5.56 Å². The minimum absolute atomic E-state index is 0.114. The molecule has 0 N–H and O–H groups in total. The molecule has 2 nitrogen and oxygen atoms in total. The van der Waals surface area contributed by atoms with E-state index >= 15 is 0 Å². The van der Waals surface area contributed by atoms with Gasteiger partial charge in [0.05, 0.1) is 12.2 Å². The Morgan fingerprint density at radius 1 is 0.917 bits per heavy atom. The zero-order valence-electron chi connectivity index (χ0n) is 14.3. The van der Waals surface area contributed by atoms with Gasteiger partial charge in [-0.15, -0.1) is 0 Å². The van der Waals surface area contributed by atoms with Gasteiger partial charge in [0.15, 0.2) is 0 Å². The molecule has 122 valence electrons.